The van der Waals surface area contributed by atoms with E-state index in [2.05, 4.69) is 5.32 Å². The third kappa shape index (κ3) is 2.63. The van der Waals surface area contributed by atoms with E-state index in [9.17, 15) is 4.79 Å². The summed E-state index contributed by atoms with van der Waals surface area (Å²) in [6, 6.07) is 8.33. The van der Waals surface area contributed by atoms with Crippen LogP contribution in [-0.4, -0.2) is 11.3 Å². The van der Waals surface area contributed by atoms with Crippen LogP contribution in [0.2, 0.25) is 5.02 Å². The van der Waals surface area contributed by atoms with Gasteiger partial charge in [0, 0.05) is 0 Å². The van der Waals surface area contributed by atoms with Gasteiger partial charge in [0.2, 0.25) is 0 Å². The SMILES string of the molecule is N#CC(Cl)C(=O)Nc1ccccc1Cl. The van der Waals surface area contributed by atoms with E-state index in [4.69, 9.17) is 28.5 Å². The summed E-state index contributed by atoms with van der Waals surface area (Å²) < 4.78 is 0. The Balaban J connectivity index is 2.76. The van der Waals surface area contributed by atoms with Gasteiger partial charge < -0.3 is 5.32 Å². The van der Waals surface area contributed by atoms with Gasteiger partial charge in [-0.3, -0.25) is 4.79 Å². The maximum absolute atomic E-state index is 11.2. The Hall–Kier alpha value is -1.24. The second-order valence-electron chi connectivity index (χ2n) is 2.46. The topological polar surface area (TPSA) is 52.9 Å². The van der Waals surface area contributed by atoms with Gasteiger partial charge >= 0.3 is 0 Å². The number of hydrogen-bond acceptors (Lipinski definition) is 2. The highest BCUT2D eigenvalue weighted by molar-refractivity contribution is 6.36. The minimum absolute atomic E-state index is 0.405. The summed E-state index contributed by atoms with van der Waals surface area (Å²) in [7, 11) is 0. The molecule has 0 radical (unpaired) electrons. The second kappa shape index (κ2) is 4.85. The van der Waals surface area contributed by atoms with Crippen molar-refractivity contribution in [3.05, 3.63) is 29.3 Å². The summed E-state index contributed by atoms with van der Waals surface area (Å²) in [5, 5.41) is 10.0. The van der Waals surface area contributed by atoms with E-state index in [1.807, 2.05) is 0 Å². The molecule has 0 aliphatic heterocycles. The molecule has 0 aliphatic carbocycles. The van der Waals surface area contributed by atoms with Gasteiger partial charge in [0.05, 0.1) is 16.8 Å². The van der Waals surface area contributed by atoms with E-state index < -0.39 is 11.3 Å². The Morgan fingerprint density at radius 3 is 2.71 bits per heavy atom. The van der Waals surface area contributed by atoms with Crippen LogP contribution < -0.4 is 5.32 Å². The zero-order valence-corrected chi connectivity index (χ0v) is 8.51. The van der Waals surface area contributed by atoms with Crippen LogP contribution in [0.4, 0.5) is 5.69 Å². The quantitative estimate of drug-likeness (QED) is 0.791. The monoisotopic (exact) mass is 228 g/mol. The Kier molecular flexibility index (Phi) is 3.75. The third-order valence-electron chi connectivity index (χ3n) is 1.48. The number of hydrogen-bond donors (Lipinski definition) is 1. The fraction of sp³-hybridized carbons (Fsp3) is 0.111. The first-order valence-corrected chi connectivity index (χ1v) is 4.55. The zero-order chi connectivity index (χ0) is 10.6. The Morgan fingerprint density at radius 1 is 1.50 bits per heavy atom. The average Bonchev–Trinajstić information content (AvgIpc) is 2.20. The van der Waals surface area contributed by atoms with Gasteiger partial charge in [0.15, 0.2) is 5.38 Å². The van der Waals surface area contributed by atoms with E-state index in [1.165, 1.54) is 0 Å². The number of amides is 1. The van der Waals surface area contributed by atoms with Crippen molar-refractivity contribution in [2.45, 2.75) is 5.38 Å². The fourth-order valence-electron chi connectivity index (χ4n) is 0.817. The van der Waals surface area contributed by atoms with Crippen LogP contribution in [-0.2, 0) is 4.79 Å². The number of carbonyl (C=O) groups is 1. The molecule has 5 heteroatoms. The number of alkyl halides is 1. The lowest BCUT2D eigenvalue weighted by atomic mass is 10.3. The standard InChI is InChI=1S/C9H6Cl2N2O/c10-6-3-1-2-4-8(6)13-9(14)7(11)5-12/h1-4,7H,(H,13,14). The van der Waals surface area contributed by atoms with Crippen LogP contribution in [0.15, 0.2) is 24.3 Å². The zero-order valence-electron chi connectivity index (χ0n) is 7.00. The van der Waals surface area contributed by atoms with Crippen molar-refractivity contribution in [3.63, 3.8) is 0 Å². The van der Waals surface area contributed by atoms with Crippen molar-refractivity contribution >= 4 is 34.8 Å². The van der Waals surface area contributed by atoms with E-state index >= 15 is 0 Å². The normalized spacial score (nSPS) is 11.5. The molecule has 1 atom stereocenters. The van der Waals surface area contributed by atoms with Gasteiger partial charge in [-0.25, -0.2) is 0 Å². The van der Waals surface area contributed by atoms with Crippen molar-refractivity contribution < 1.29 is 4.79 Å². The Bertz CT molecular complexity index is 387. The average molecular weight is 229 g/mol. The van der Waals surface area contributed by atoms with Crippen molar-refractivity contribution in [1.82, 2.24) is 0 Å². The van der Waals surface area contributed by atoms with Crippen molar-refractivity contribution in [2.24, 2.45) is 0 Å². The Labute approximate surface area is 91.2 Å². The molecule has 1 unspecified atom stereocenters. The van der Waals surface area contributed by atoms with E-state index in [1.54, 1.807) is 30.3 Å². The molecular weight excluding hydrogens is 223 g/mol. The molecule has 0 spiro atoms. The van der Waals surface area contributed by atoms with Gasteiger partial charge in [0.1, 0.15) is 0 Å². The summed E-state index contributed by atoms with van der Waals surface area (Å²) in [4.78, 5) is 11.2. The summed E-state index contributed by atoms with van der Waals surface area (Å²) >= 11 is 11.2. The molecule has 1 N–H and O–H groups in total. The highest BCUT2D eigenvalue weighted by Gasteiger charge is 2.14. The molecule has 1 aromatic carbocycles. The van der Waals surface area contributed by atoms with Crippen LogP contribution in [0.25, 0.3) is 0 Å². The number of nitrogens with one attached hydrogen (secondary N) is 1. The van der Waals surface area contributed by atoms with Crippen molar-refractivity contribution in [3.8, 4) is 6.07 Å². The number of para-hydroxylation sites is 1. The smallest absolute Gasteiger partial charge is 0.257 e. The molecule has 1 amide bonds. The number of rotatable bonds is 2. The largest absolute Gasteiger partial charge is 0.323 e. The predicted molar refractivity (Wildman–Crippen MR) is 55.3 cm³/mol. The molecule has 0 saturated heterocycles. The van der Waals surface area contributed by atoms with Crippen molar-refractivity contribution in [2.75, 3.05) is 5.32 Å². The van der Waals surface area contributed by atoms with E-state index in [0.29, 0.717) is 10.7 Å². The lowest BCUT2D eigenvalue weighted by molar-refractivity contribution is -0.115. The van der Waals surface area contributed by atoms with Crippen LogP contribution in [0.1, 0.15) is 0 Å². The first-order chi connectivity index (χ1) is 6.65. The van der Waals surface area contributed by atoms with Gasteiger partial charge in [-0.05, 0) is 12.1 Å². The van der Waals surface area contributed by atoms with Gasteiger partial charge in [-0.2, -0.15) is 5.26 Å². The summed E-state index contributed by atoms with van der Waals surface area (Å²) in [5.41, 5.74) is 0.445. The second-order valence-corrected chi connectivity index (χ2v) is 3.30. The summed E-state index contributed by atoms with van der Waals surface area (Å²) in [6.07, 6.45) is 0. The molecule has 72 valence electrons. The molecule has 0 aliphatic rings. The molecule has 0 fully saturated rings. The molecule has 1 rings (SSSR count). The molecule has 0 bridgehead atoms. The van der Waals surface area contributed by atoms with E-state index in [-0.39, 0.29) is 0 Å². The minimum Gasteiger partial charge on any atom is -0.323 e. The lowest BCUT2D eigenvalue weighted by Gasteiger charge is -2.06. The maximum atomic E-state index is 11.2. The lowest BCUT2D eigenvalue weighted by Crippen LogP contribution is -2.21. The van der Waals surface area contributed by atoms with Gasteiger partial charge in [-0.1, -0.05) is 35.3 Å². The highest BCUT2D eigenvalue weighted by atomic mass is 35.5. The first-order valence-electron chi connectivity index (χ1n) is 3.74. The van der Waals surface area contributed by atoms with Crippen LogP contribution in [0.3, 0.4) is 0 Å². The summed E-state index contributed by atoms with van der Waals surface area (Å²) in [5.74, 6) is -0.581. The highest BCUT2D eigenvalue weighted by Crippen LogP contribution is 2.20. The number of halogens is 2. The molecule has 0 aromatic heterocycles. The molecule has 0 saturated carbocycles. The predicted octanol–water partition coefficient (Wildman–Crippen LogP) is 2.41. The molecule has 1 aromatic rings. The van der Waals surface area contributed by atoms with Crippen LogP contribution in [0.5, 0.6) is 0 Å². The minimum atomic E-state index is -1.20. The molecule has 0 heterocycles. The number of anilines is 1. The van der Waals surface area contributed by atoms with Crippen LogP contribution in [0, 0.1) is 11.3 Å². The number of nitriles is 1. The first kappa shape index (κ1) is 10.8. The maximum Gasteiger partial charge on any atom is 0.257 e. The molecular formula is C9H6Cl2N2O. The number of carbonyl (C=O) groups excluding carboxylic acids is 1. The van der Waals surface area contributed by atoms with Gasteiger partial charge in [0.25, 0.3) is 5.91 Å². The van der Waals surface area contributed by atoms with Gasteiger partial charge in [-0.15, -0.1) is 0 Å². The van der Waals surface area contributed by atoms with Crippen LogP contribution >= 0.6 is 23.2 Å². The van der Waals surface area contributed by atoms with Crippen molar-refractivity contribution in [1.29, 1.82) is 5.26 Å². The van der Waals surface area contributed by atoms with E-state index in [0.717, 1.165) is 0 Å². The Morgan fingerprint density at radius 2 is 2.14 bits per heavy atom. The summed E-state index contributed by atoms with van der Waals surface area (Å²) in [6.45, 7) is 0. The molecule has 3 nitrogen and oxygen atoms in total. The number of benzene rings is 1. The fourth-order valence-corrected chi connectivity index (χ4v) is 1.05. The molecule has 14 heavy (non-hydrogen) atoms. The number of nitrogens with zero attached hydrogens (tertiary/aromatic N) is 1. The third-order valence-corrected chi connectivity index (χ3v) is 2.10.